The number of nitrogens with one attached hydrogen (secondary N) is 2. The maximum absolute atomic E-state index is 11.9. The van der Waals surface area contributed by atoms with E-state index in [0.29, 0.717) is 36.8 Å². The summed E-state index contributed by atoms with van der Waals surface area (Å²) in [7, 11) is 0. The molecular formula is C16H19BrN4O2S. The minimum Gasteiger partial charge on any atom is -0.494 e. The first-order chi connectivity index (χ1) is 11.6. The molecule has 1 heterocycles. The Kier molecular flexibility index (Phi) is 5.68. The minimum atomic E-state index is -0.0101. The summed E-state index contributed by atoms with van der Waals surface area (Å²) in [5.41, 5.74) is 0. The van der Waals surface area contributed by atoms with Crippen molar-refractivity contribution in [3.8, 4) is 5.75 Å². The summed E-state index contributed by atoms with van der Waals surface area (Å²) >= 11 is 8.62. The number of aromatic amines is 1. The molecule has 1 aromatic carbocycles. The van der Waals surface area contributed by atoms with E-state index in [9.17, 15) is 4.79 Å². The summed E-state index contributed by atoms with van der Waals surface area (Å²) < 4.78 is 9.23. The molecule has 6 nitrogen and oxygen atoms in total. The van der Waals surface area contributed by atoms with Crippen molar-refractivity contribution in [1.29, 1.82) is 0 Å². The van der Waals surface area contributed by atoms with Crippen molar-refractivity contribution in [2.24, 2.45) is 0 Å². The van der Waals surface area contributed by atoms with E-state index in [1.807, 2.05) is 28.8 Å². The molecule has 0 radical (unpaired) electrons. The SMILES string of the molecule is O=C(CCCOc1cccc(Br)c1)NCc1n[nH]c(=S)n1C1CC1. The predicted octanol–water partition coefficient (Wildman–Crippen LogP) is 3.51. The molecule has 0 saturated heterocycles. The quantitative estimate of drug-likeness (QED) is 0.515. The highest BCUT2D eigenvalue weighted by molar-refractivity contribution is 9.10. The van der Waals surface area contributed by atoms with Crippen LogP contribution in [-0.2, 0) is 11.3 Å². The van der Waals surface area contributed by atoms with Gasteiger partial charge in [0, 0.05) is 16.9 Å². The molecule has 3 rings (SSSR count). The lowest BCUT2D eigenvalue weighted by molar-refractivity contribution is -0.121. The van der Waals surface area contributed by atoms with E-state index in [0.717, 1.165) is 28.9 Å². The molecule has 1 fully saturated rings. The van der Waals surface area contributed by atoms with E-state index < -0.39 is 0 Å². The Bertz CT molecular complexity index is 769. The molecule has 128 valence electrons. The van der Waals surface area contributed by atoms with E-state index in [4.69, 9.17) is 17.0 Å². The second-order valence-corrected chi connectivity index (χ2v) is 7.03. The Balaban J connectivity index is 1.38. The number of halogens is 1. The van der Waals surface area contributed by atoms with Gasteiger partial charge in [-0.2, -0.15) is 5.10 Å². The fourth-order valence-corrected chi connectivity index (χ4v) is 3.10. The highest BCUT2D eigenvalue weighted by Crippen LogP contribution is 2.35. The topological polar surface area (TPSA) is 71.9 Å². The van der Waals surface area contributed by atoms with Crippen LogP contribution in [0.5, 0.6) is 5.75 Å². The molecule has 2 N–H and O–H groups in total. The molecule has 1 aliphatic carbocycles. The van der Waals surface area contributed by atoms with Crippen LogP contribution in [-0.4, -0.2) is 27.3 Å². The molecule has 0 aliphatic heterocycles. The van der Waals surface area contributed by atoms with Gasteiger partial charge in [0.15, 0.2) is 10.6 Å². The maximum atomic E-state index is 11.9. The van der Waals surface area contributed by atoms with Crippen molar-refractivity contribution in [3.05, 3.63) is 39.3 Å². The van der Waals surface area contributed by atoms with Gasteiger partial charge in [-0.05, 0) is 49.7 Å². The first-order valence-electron chi connectivity index (χ1n) is 7.94. The minimum absolute atomic E-state index is 0.0101. The highest BCUT2D eigenvalue weighted by Gasteiger charge is 2.27. The Morgan fingerprint density at radius 2 is 2.33 bits per heavy atom. The molecule has 24 heavy (non-hydrogen) atoms. The second kappa shape index (κ2) is 7.94. The van der Waals surface area contributed by atoms with Gasteiger partial charge in [0.25, 0.3) is 0 Å². The molecule has 1 aliphatic rings. The van der Waals surface area contributed by atoms with Crippen molar-refractivity contribution in [2.75, 3.05) is 6.61 Å². The molecular weight excluding hydrogens is 392 g/mol. The van der Waals surface area contributed by atoms with E-state index in [1.165, 1.54) is 0 Å². The van der Waals surface area contributed by atoms with Crippen LogP contribution in [0.4, 0.5) is 0 Å². The lowest BCUT2D eigenvalue weighted by Crippen LogP contribution is -2.24. The largest absolute Gasteiger partial charge is 0.494 e. The third-order valence-corrected chi connectivity index (χ3v) is 4.53. The number of hydrogen-bond donors (Lipinski definition) is 2. The second-order valence-electron chi connectivity index (χ2n) is 5.73. The first-order valence-corrected chi connectivity index (χ1v) is 9.14. The van der Waals surface area contributed by atoms with E-state index in [1.54, 1.807) is 0 Å². The Hall–Kier alpha value is -1.67. The number of aromatic nitrogens is 3. The zero-order chi connectivity index (χ0) is 16.9. The zero-order valence-corrected chi connectivity index (χ0v) is 15.5. The normalized spacial score (nSPS) is 13.7. The molecule has 0 spiro atoms. The molecule has 1 amide bonds. The van der Waals surface area contributed by atoms with Crippen LogP contribution in [0.1, 0.15) is 37.5 Å². The number of nitrogens with zero attached hydrogens (tertiary/aromatic N) is 2. The van der Waals surface area contributed by atoms with Gasteiger partial charge in [-0.25, -0.2) is 0 Å². The predicted molar refractivity (Wildman–Crippen MR) is 96.4 cm³/mol. The molecule has 1 aromatic heterocycles. The Morgan fingerprint density at radius 1 is 1.50 bits per heavy atom. The fourth-order valence-electron chi connectivity index (χ4n) is 2.42. The van der Waals surface area contributed by atoms with Crippen LogP contribution in [0.15, 0.2) is 28.7 Å². The summed E-state index contributed by atoms with van der Waals surface area (Å²) in [5, 5.41) is 9.88. The number of carbonyl (C=O) groups excluding carboxylic acids is 1. The van der Waals surface area contributed by atoms with Crippen molar-refractivity contribution in [1.82, 2.24) is 20.1 Å². The van der Waals surface area contributed by atoms with Crippen LogP contribution < -0.4 is 10.1 Å². The van der Waals surface area contributed by atoms with Gasteiger partial charge >= 0.3 is 0 Å². The summed E-state index contributed by atoms with van der Waals surface area (Å²) in [6, 6.07) is 8.10. The fraction of sp³-hybridized carbons (Fsp3) is 0.438. The van der Waals surface area contributed by atoms with Gasteiger partial charge in [-0.15, -0.1) is 0 Å². The van der Waals surface area contributed by atoms with Crippen LogP contribution in [0.2, 0.25) is 0 Å². The lowest BCUT2D eigenvalue weighted by atomic mass is 10.3. The highest BCUT2D eigenvalue weighted by atomic mass is 79.9. The monoisotopic (exact) mass is 410 g/mol. The summed E-state index contributed by atoms with van der Waals surface area (Å²) in [5.74, 6) is 1.58. The van der Waals surface area contributed by atoms with E-state index in [-0.39, 0.29) is 5.91 Å². The van der Waals surface area contributed by atoms with Gasteiger partial charge in [-0.1, -0.05) is 22.0 Å². The summed E-state index contributed by atoms with van der Waals surface area (Å²) in [6.07, 6.45) is 3.33. The lowest BCUT2D eigenvalue weighted by Gasteiger charge is -2.08. The van der Waals surface area contributed by atoms with Gasteiger partial charge in [0.1, 0.15) is 5.75 Å². The standard InChI is InChI=1S/C16H19BrN4O2S/c17-11-3-1-4-13(9-11)23-8-2-5-15(22)18-10-14-19-20-16(24)21(14)12-6-7-12/h1,3-4,9,12H,2,5-8,10H2,(H,18,22)(H,20,24). The van der Waals surface area contributed by atoms with Gasteiger partial charge < -0.3 is 10.1 Å². The van der Waals surface area contributed by atoms with Crippen molar-refractivity contribution in [2.45, 2.75) is 38.3 Å². The van der Waals surface area contributed by atoms with Crippen LogP contribution >= 0.6 is 28.1 Å². The smallest absolute Gasteiger partial charge is 0.220 e. The number of carbonyl (C=O) groups is 1. The van der Waals surface area contributed by atoms with Crippen molar-refractivity contribution in [3.63, 3.8) is 0 Å². The molecule has 0 bridgehead atoms. The summed E-state index contributed by atoms with van der Waals surface area (Å²) in [6.45, 7) is 0.902. The number of amides is 1. The molecule has 2 aromatic rings. The zero-order valence-electron chi connectivity index (χ0n) is 13.1. The van der Waals surface area contributed by atoms with E-state index >= 15 is 0 Å². The number of ether oxygens (including phenoxy) is 1. The van der Waals surface area contributed by atoms with Gasteiger partial charge in [0.05, 0.1) is 13.2 Å². The number of benzene rings is 1. The molecule has 8 heteroatoms. The third-order valence-electron chi connectivity index (χ3n) is 3.75. The first kappa shape index (κ1) is 17.2. The van der Waals surface area contributed by atoms with E-state index in [2.05, 4.69) is 31.4 Å². The number of rotatable bonds is 8. The van der Waals surface area contributed by atoms with Crippen LogP contribution in [0.3, 0.4) is 0 Å². The third kappa shape index (κ3) is 4.67. The van der Waals surface area contributed by atoms with Crippen LogP contribution in [0.25, 0.3) is 0 Å². The average Bonchev–Trinajstić information content (AvgIpc) is 3.33. The Morgan fingerprint density at radius 3 is 3.08 bits per heavy atom. The number of hydrogen-bond acceptors (Lipinski definition) is 4. The molecule has 0 atom stereocenters. The Labute approximate surface area is 153 Å². The number of H-pyrrole nitrogens is 1. The maximum Gasteiger partial charge on any atom is 0.220 e. The summed E-state index contributed by atoms with van der Waals surface area (Å²) in [4.78, 5) is 11.9. The van der Waals surface area contributed by atoms with Crippen molar-refractivity contribution < 1.29 is 9.53 Å². The van der Waals surface area contributed by atoms with Crippen LogP contribution in [0, 0.1) is 4.77 Å². The average molecular weight is 411 g/mol. The molecule has 0 unspecified atom stereocenters. The molecule has 1 saturated carbocycles. The van der Waals surface area contributed by atoms with Gasteiger partial charge in [0.2, 0.25) is 5.91 Å². The van der Waals surface area contributed by atoms with Gasteiger partial charge in [-0.3, -0.25) is 14.5 Å². The van der Waals surface area contributed by atoms with Crippen molar-refractivity contribution >= 4 is 34.1 Å².